The van der Waals surface area contributed by atoms with Gasteiger partial charge in [0, 0.05) is 12.3 Å². The molecule has 6 saturated carbocycles. The summed E-state index contributed by atoms with van der Waals surface area (Å²) in [7, 11) is 0. The molecule has 88 valence electrons. The van der Waals surface area contributed by atoms with Gasteiger partial charge in [0.1, 0.15) is 0 Å². The SMILES string of the molecule is ICC[C@]12[C@@H]3[C@@H](I)[C@@H]4[C@H]5C[C@H]([C@@H]([C@H]53)[C@H]1I)[C@@H]42. The van der Waals surface area contributed by atoms with Crippen molar-refractivity contribution < 1.29 is 0 Å². The van der Waals surface area contributed by atoms with Crippen molar-refractivity contribution in [1.82, 2.24) is 0 Å². The van der Waals surface area contributed by atoms with Gasteiger partial charge in [-0.1, -0.05) is 67.8 Å². The number of hydrogen-bond acceptors (Lipinski definition) is 0. The van der Waals surface area contributed by atoms with Gasteiger partial charge in [0.25, 0.3) is 0 Å². The van der Waals surface area contributed by atoms with Crippen LogP contribution in [0.15, 0.2) is 0 Å². The van der Waals surface area contributed by atoms with Crippen LogP contribution in [-0.2, 0) is 0 Å². The topological polar surface area (TPSA) is 0 Å². The van der Waals surface area contributed by atoms with Crippen LogP contribution in [0.1, 0.15) is 12.8 Å². The van der Waals surface area contributed by atoms with Crippen molar-refractivity contribution in [2.45, 2.75) is 20.7 Å². The molecule has 0 saturated heterocycles. The molecule has 6 aliphatic carbocycles. The molecule has 0 aromatic heterocycles. The fourth-order valence-corrected chi connectivity index (χ4v) is 12.6. The van der Waals surface area contributed by atoms with Crippen LogP contribution in [0.25, 0.3) is 0 Å². The summed E-state index contributed by atoms with van der Waals surface area (Å²) < 4.78 is 3.52. The summed E-state index contributed by atoms with van der Waals surface area (Å²) in [6, 6.07) is 0. The predicted octanol–water partition coefficient (Wildman–Crippen LogP) is 4.18. The Balaban J connectivity index is 1.76. The maximum absolute atomic E-state index is 2.88. The minimum atomic E-state index is 0.825. The maximum atomic E-state index is 2.88. The summed E-state index contributed by atoms with van der Waals surface area (Å²) in [5.41, 5.74) is 0.825. The van der Waals surface area contributed by atoms with Crippen LogP contribution in [0.2, 0.25) is 0 Å². The molecular weight excluding hydrogens is 537 g/mol. The van der Waals surface area contributed by atoms with Crippen LogP contribution in [0.4, 0.5) is 0 Å². The minimum Gasteiger partial charge on any atom is -0.0864 e. The number of halogens is 3. The van der Waals surface area contributed by atoms with Crippen LogP contribution in [-0.4, -0.2) is 12.3 Å². The molecule has 0 N–H and O–H groups in total. The normalized spacial score (nSPS) is 76.3. The largest absolute Gasteiger partial charge is 0.0864 e. The lowest BCUT2D eigenvalue weighted by molar-refractivity contribution is 0.0549. The standard InChI is InChI=1S/C13H15I3/c14-2-1-13-9-5-3-4-6(7(5)12(13)16)10(13)11(15)8(4)9/h4-12H,1-3H2/t4-,5+,6-,7-,8+,9-,10-,11-,12+,13-/m0/s1. The first-order valence-corrected chi connectivity index (χ1v) is 10.6. The molecule has 6 rings (SSSR count). The zero-order valence-electron chi connectivity index (χ0n) is 8.95. The van der Waals surface area contributed by atoms with Gasteiger partial charge in [-0.25, -0.2) is 0 Å². The molecule has 10 atom stereocenters. The summed E-state index contributed by atoms with van der Waals surface area (Å²) >= 11 is 8.37. The van der Waals surface area contributed by atoms with Crippen molar-refractivity contribution in [1.29, 1.82) is 0 Å². The lowest BCUT2D eigenvalue weighted by Crippen LogP contribution is -2.40. The Labute approximate surface area is 138 Å². The van der Waals surface area contributed by atoms with Gasteiger partial charge in [0.2, 0.25) is 0 Å². The van der Waals surface area contributed by atoms with E-state index in [0.717, 1.165) is 19.2 Å². The van der Waals surface area contributed by atoms with E-state index in [9.17, 15) is 0 Å². The molecule has 0 spiro atoms. The molecule has 6 aliphatic rings. The van der Waals surface area contributed by atoms with Gasteiger partial charge >= 0.3 is 0 Å². The average Bonchev–Trinajstić information content (AvgIpc) is 2.95. The Hall–Kier alpha value is 2.19. The van der Waals surface area contributed by atoms with Crippen molar-refractivity contribution in [3.8, 4) is 0 Å². The molecule has 0 aliphatic heterocycles. The van der Waals surface area contributed by atoms with E-state index < -0.39 is 0 Å². The van der Waals surface area contributed by atoms with Crippen LogP contribution in [0, 0.1) is 46.8 Å². The van der Waals surface area contributed by atoms with Gasteiger partial charge in [-0.2, -0.15) is 0 Å². The van der Waals surface area contributed by atoms with Crippen molar-refractivity contribution in [3.05, 3.63) is 0 Å². The second kappa shape index (κ2) is 3.09. The van der Waals surface area contributed by atoms with Crippen molar-refractivity contribution in [2.75, 3.05) is 4.43 Å². The lowest BCUT2D eigenvalue weighted by atomic mass is 9.62. The van der Waals surface area contributed by atoms with Crippen LogP contribution in [0.5, 0.6) is 0 Å². The van der Waals surface area contributed by atoms with Crippen LogP contribution >= 0.6 is 67.8 Å². The van der Waals surface area contributed by atoms with E-state index in [1.54, 1.807) is 12.8 Å². The third kappa shape index (κ3) is 0.803. The zero-order valence-corrected chi connectivity index (χ0v) is 15.4. The molecule has 0 unspecified atom stereocenters. The molecule has 0 nitrogen and oxygen atoms in total. The molecule has 0 radical (unpaired) electrons. The summed E-state index contributed by atoms with van der Waals surface area (Å²) in [5.74, 6) is 8.21. The van der Waals surface area contributed by atoms with E-state index in [0.29, 0.717) is 0 Å². The molecule has 0 amide bonds. The Morgan fingerprint density at radius 3 is 2.56 bits per heavy atom. The molecular formula is C13H15I3. The first kappa shape index (κ1) is 10.9. The van der Waals surface area contributed by atoms with Gasteiger partial charge in [0.05, 0.1) is 0 Å². The van der Waals surface area contributed by atoms with Crippen molar-refractivity contribution >= 4 is 67.8 Å². The van der Waals surface area contributed by atoms with Gasteiger partial charge < -0.3 is 0 Å². The Morgan fingerprint density at radius 2 is 1.81 bits per heavy atom. The smallest absolute Gasteiger partial charge is 0.0206 e. The molecule has 0 aromatic rings. The number of rotatable bonds is 2. The third-order valence-electron chi connectivity index (χ3n) is 7.09. The maximum Gasteiger partial charge on any atom is 0.0206 e. The van der Waals surface area contributed by atoms with Crippen molar-refractivity contribution in [3.63, 3.8) is 0 Å². The van der Waals surface area contributed by atoms with Crippen molar-refractivity contribution in [2.24, 2.45) is 46.8 Å². The Kier molecular flexibility index (Phi) is 2.11. The van der Waals surface area contributed by atoms with Crippen LogP contribution < -0.4 is 0 Å². The summed E-state index contributed by atoms with van der Waals surface area (Å²) in [4.78, 5) is 0. The molecule has 16 heavy (non-hydrogen) atoms. The summed E-state index contributed by atoms with van der Waals surface area (Å²) in [5, 5.41) is 0. The molecule has 6 bridgehead atoms. The second-order valence-electron chi connectivity index (χ2n) is 6.74. The Bertz CT molecular complexity index is 379. The molecule has 6 fully saturated rings. The van der Waals surface area contributed by atoms with E-state index in [4.69, 9.17) is 0 Å². The third-order valence-corrected chi connectivity index (χ3v) is 11.2. The lowest BCUT2D eigenvalue weighted by Gasteiger charge is -2.42. The van der Waals surface area contributed by atoms with E-state index >= 15 is 0 Å². The van der Waals surface area contributed by atoms with E-state index in [1.807, 2.05) is 0 Å². The number of hydrogen-bond donors (Lipinski definition) is 0. The molecule has 0 aromatic carbocycles. The highest BCUT2D eigenvalue weighted by Crippen LogP contribution is 2.89. The molecule has 3 heteroatoms. The average molecular weight is 552 g/mol. The predicted molar refractivity (Wildman–Crippen MR) is 90.6 cm³/mol. The minimum absolute atomic E-state index is 0.825. The zero-order chi connectivity index (χ0) is 10.8. The first-order chi connectivity index (χ1) is 7.73. The highest BCUT2D eigenvalue weighted by molar-refractivity contribution is 14.1. The summed E-state index contributed by atoms with van der Waals surface area (Å²) in [6.07, 6.45) is 3.19. The summed E-state index contributed by atoms with van der Waals surface area (Å²) in [6.45, 7) is 0. The van der Waals surface area contributed by atoms with Gasteiger partial charge in [-0.3, -0.25) is 0 Å². The van der Waals surface area contributed by atoms with Gasteiger partial charge in [-0.15, -0.1) is 0 Å². The Morgan fingerprint density at radius 1 is 1.00 bits per heavy atom. The highest BCUT2D eigenvalue weighted by atomic mass is 127. The van der Waals surface area contributed by atoms with E-state index in [1.165, 1.54) is 39.9 Å². The highest BCUT2D eigenvalue weighted by Gasteiger charge is 2.87. The van der Waals surface area contributed by atoms with Gasteiger partial charge in [0.15, 0.2) is 0 Å². The number of alkyl halides is 3. The van der Waals surface area contributed by atoms with E-state index in [-0.39, 0.29) is 0 Å². The fourth-order valence-electron chi connectivity index (χ4n) is 7.35. The van der Waals surface area contributed by atoms with Crippen LogP contribution in [0.3, 0.4) is 0 Å². The van der Waals surface area contributed by atoms with E-state index in [2.05, 4.69) is 67.8 Å². The molecule has 0 heterocycles. The first-order valence-electron chi connectivity index (χ1n) is 6.57. The second-order valence-corrected chi connectivity index (χ2v) is 10.6. The quantitative estimate of drug-likeness (QED) is 0.357. The monoisotopic (exact) mass is 552 g/mol. The van der Waals surface area contributed by atoms with Gasteiger partial charge in [-0.05, 0) is 59.7 Å². The fraction of sp³-hybridized carbons (Fsp3) is 1.00.